The molecule has 0 saturated heterocycles. The molecule has 102 valence electrons. The highest BCUT2D eigenvalue weighted by molar-refractivity contribution is 5.34. The van der Waals surface area contributed by atoms with Crippen molar-refractivity contribution in [2.45, 2.75) is 26.2 Å². The third-order valence-electron chi connectivity index (χ3n) is 2.39. The summed E-state index contributed by atoms with van der Waals surface area (Å²) in [6.45, 7) is 0.673. The van der Waals surface area contributed by atoms with Crippen molar-refractivity contribution >= 4 is 0 Å². The molecule has 1 aromatic rings. The van der Waals surface area contributed by atoms with Crippen LogP contribution in [0.1, 0.15) is 18.9 Å². The summed E-state index contributed by atoms with van der Waals surface area (Å²) in [4.78, 5) is 0. The van der Waals surface area contributed by atoms with Gasteiger partial charge in [0.1, 0.15) is 0 Å². The second kappa shape index (κ2) is 5.07. The summed E-state index contributed by atoms with van der Waals surface area (Å²) in [6.07, 6.45) is -0.612. The van der Waals surface area contributed by atoms with Gasteiger partial charge in [0.2, 0.25) is 5.82 Å². The van der Waals surface area contributed by atoms with E-state index in [4.69, 9.17) is 0 Å². The standard InChI is InChI=1S/C11H10F6O/c1-3-11(16,17)4-18-10-7(13)5(2)6(12)8(14)9(10)15/h3-4H2,1-2H3. The average Bonchev–Trinajstić information content (AvgIpc) is 2.34. The Balaban J connectivity index is 3.11. The van der Waals surface area contributed by atoms with Crippen LogP contribution in [0.15, 0.2) is 0 Å². The van der Waals surface area contributed by atoms with Gasteiger partial charge in [-0.05, 0) is 6.92 Å². The van der Waals surface area contributed by atoms with E-state index in [1.165, 1.54) is 0 Å². The first kappa shape index (κ1) is 14.7. The number of halogens is 6. The van der Waals surface area contributed by atoms with Crippen LogP contribution in [0, 0.1) is 30.2 Å². The quantitative estimate of drug-likeness (QED) is 0.457. The van der Waals surface area contributed by atoms with Crippen LogP contribution in [0.25, 0.3) is 0 Å². The van der Waals surface area contributed by atoms with E-state index in [-0.39, 0.29) is 0 Å². The fraction of sp³-hybridized carbons (Fsp3) is 0.455. The highest BCUT2D eigenvalue weighted by atomic mass is 19.3. The van der Waals surface area contributed by atoms with Gasteiger partial charge < -0.3 is 4.74 Å². The van der Waals surface area contributed by atoms with E-state index in [0.717, 1.165) is 13.8 Å². The van der Waals surface area contributed by atoms with Gasteiger partial charge in [-0.3, -0.25) is 0 Å². The predicted octanol–water partition coefficient (Wildman–Crippen LogP) is 3.98. The molecule has 0 N–H and O–H groups in total. The zero-order valence-corrected chi connectivity index (χ0v) is 9.59. The molecule has 0 atom stereocenters. The molecule has 0 aliphatic heterocycles. The minimum absolute atomic E-state index is 0.612. The molecule has 1 rings (SSSR count). The number of ether oxygens (including phenoxy) is 1. The van der Waals surface area contributed by atoms with Crippen LogP contribution in [0.2, 0.25) is 0 Å². The molecule has 1 aromatic carbocycles. The number of hydrogen-bond donors (Lipinski definition) is 0. The normalized spacial score (nSPS) is 11.8. The molecule has 0 unspecified atom stereocenters. The highest BCUT2D eigenvalue weighted by Crippen LogP contribution is 2.31. The summed E-state index contributed by atoms with van der Waals surface area (Å²) in [7, 11) is 0. The Morgan fingerprint density at radius 1 is 0.944 bits per heavy atom. The summed E-state index contributed by atoms with van der Waals surface area (Å²) in [6, 6.07) is 0. The lowest BCUT2D eigenvalue weighted by Gasteiger charge is -2.16. The summed E-state index contributed by atoms with van der Waals surface area (Å²) < 4.78 is 82.3. The van der Waals surface area contributed by atoms with E-state index in [0.29, 0.717) is 0 Å². The monoisotopic (exact) mass is 272 g/mol. The average molecular weight is 272 g/mol. The van der Waals surface area contributed by atoms with Crippen molar-refractivity contribution in [3.63, 3.8) is 0 Å². The molecule has 0 radical (unpaired) electrons. The summed E-state index contributed by atoms with van der Waals surface area (Å²) in [5.74, 6) is -11.8. The molecule has 1 nitrogen and oxygen atoms in total. The van der Waals surface area contributed by atoms with Crippen molar-refractivity contribution < 1.29 is 31.1 Å². The molecule has 0 spiro atoms. The molecular weight excluding hydrogens is 262 g/mol. The van der Waals surface area contributed by atoms with Gasteiger partial charge in [-0.15, -0.1) is 0 Å². The molecule has 0 fully saturated rings. The summed E-state index contributed by atoms with van der Waals surface area (Å²) >= 11 is 0. The smallest absolute Gasteiger partial charge is 0.281 e. The fourth-order valence-corrected chi connectivity index (χ4v) is 1.13. The Labute approximate surface area is 99.4 Å². The van der Waals surface area contributed by atoms with E-state index < -0.39 is 53.5 Å². The zero-order chi connectivity index (χ0) is 14.1. The van der Waals surface area contributed by atoms with Gasteiger partial charge in [-0.2, -0.15) is 4.39 Å². The minimum Gasteiger partial charge on any atom is -0.481 e. The van der Waals surface area contributed by atoms with Crippen molar-refractivity contribution in [2.75, 3.05) is 6.61 Å². The molecule has 0 saturated carbocycles. The van der Waals surface area contributed by atoms with Gasteiger partial charge in [0.15, 0.2) is 29.8 Å². The predicted molar refractivity (Wildman–Crippen MR) is 51.7 cm³/mol. The van der Waals surface area contributed by atoms with Gasteiger partial charge in [0, 0.05) is 12.0 Å². The Morgan fingerprint density at radius 3 is 2.00 bits per heavy atom. The zero-order valence-electron chi connectivity index (χ0n) is 9.59. The molecule has 0 bridgehead atoms. The second-order valence-electron chi connectivity index (χ2n) is 3.71. The van der Waals surface area contributed by atoms with Crippen LogP contribution in [0.3, 0.4) is 0 Å². The molecule has 0 aliphatic rings. The topological polar surface area (TPSA) is 9.23 Å². The maximum atomic E-state index is 13.4. The van der Waals surface area contributed by atoms with Crippen LogP contribution in [-0.2, 0) is 0 Å². The van der Waals surface area contributed by atoms with E-state index >= 15 is 0 Å². The van der Waals surface area contributed by atoms with E-state index in [1.807, 2.05) is 0 Å². The van der Waals surface area contributed by atoms with Gasteiger partial charge in [-0.25, -0.2) is 22.0 Å². The minimum atomic E-state index is -3.31. The maximum absolute atomic E-state index is 13.4. The molecule has 0 heterocycles. The third kappa shape index (κ3) is 2.70. The Bertz CT molecular complexity index is 428. The third-order valence-corrected chi connectivity index (χ3v) is 2.39. The SMILES string of the molecule is CCC(F)(F)COc1c(F)c(C)c(F)c(F)c1F. The lowest BCUT2D eigenvalue weighted by atomic mass is 10.2. The Hall–Kier alpha value is -1.40. The van der Waals surface area contributed by atoms with Crippen molar-refractivity contribution in [1.82, 2.24) is 0 Å². The van der Waals surface area contributed by atoms with Gasteiger partial charge in [0.25, 0.3) is 5.92 Å². The van der Waals surface area contributed by atoms with Crippen LogP contribution < -0.4 is 4.74 Å². The van der Waals surface area contributed by atoms with Gasteiger partial charge in [-0.1, -0.05) is 6.92 Å². The van der Waals surface area contributed by atoms with Crippen molar-refractivity contribution in [3.8, 4) is 5.75 Å². The fourth-order valence-electron chi connectivity index (χ4n) is 1.13. The molecule has 18 heavy (non-hydrogen) atoms. The molecule has 7 heteroatoms. The first-order chi connectivity index (χ1) is 8.21. The number of rotatable bonds is 4. The Morgan fingerprint density at radius 2 is 1.50 bits per heavy atom. The first-order valence-electron chi connectivity index (χ1n) is 5.04. The van der Waals surface area contributed by atoms with Crippen molar-refractivity contribution in [2.24, 2.45) is 0 Å². The van der Waals surface area contributed by atoms with Crippen LogP contribution in [-0.4, -0.2) is 12.5 Å². The number of alkyl halides is 2. The molecule has 0 amide bonds. The lowest BCUT2D eigenvalue weighted by Crippen LogP contribution is -2.25. The van der Waals surface area contributed by atoms with Gasteiger partial charge in [0.05, 0.1) is 0 Å². The summed E-state index contributed by atoms with van der Waals surface area (Å²) in [5.41, 5.74) is -0.830. The second-order valence-corrected chi connectivity index (χ2v) is 3.71. The Kier molecular flexibility index (Phi) is 4.13. The van der Waals surface area contributed by atoms with Crippen LogP contribution in [0.5, 0.6) is 5.75 Å². The molecule has 0 aromatic heterocycles. The van der Waals surface area contributed by atoms with Crippen molar-refractivity contribution in [3.05, 3.63) is 28.8 Å². The first-order valence-corrected chi connectivity index (χ1v) is 5.04. The van der Waals surface area contributed by atoms with Crippen LogP contribution >= 0.6 is 0 Å². The van der Waals surface area contributed by atoms with Crippen LogP contribution in [0.4, 0.5) is 26.3 Å². The highest BCUT2D eigenvalue weighted by Gasteiger charge is 2.30. The number of hydrogen-bond acceptors (Lipinski definition) is 1. The van der Waals surface area contributed by atoms with Gasteiger partial charge >= 0.3 is 0 Å². The van der Waals surface area contributed by atoms with E-state index in [1.54, 1.807) is 0 Å². The van der Waals surface area contributed by atoms with E-state index in [9.17, 15) is 26.3 Å². The molecular formula is C11H10F6O. The summed E-state index contributed by atoms with van der Waals surface area (Å²) in [5, 5.41) is 0. The maximum Gasteiger partial charge on any atom is 0.281 e. The number of benzene rings is 1. The van der Waals surface area contributed by atoms with E-state index in [2.05, 4.69) is 4.74 Å². The molecule has 0 aliphatic carbocycles. The van der Waals surface area contributed by atoms with Crippen molar-refractivity contribution in [1.29, 1.82) is 0 Å². The largest absolute Gasteiger partial charge is 0.481 e. The lowest BCUT2D eigenvalue weighted by molar-refractivity contribution is -0.0455.